The SMILES string of the molecule is Nc1ccc(-c2ccnc(Nc3ccc(F)cc3)n2)c2c1C(=O)CC2. The van der Waals surface area contributed by atoms with E-state index in [-0.39, 0.29) is 11.6 Å². The fourth-order valence-corrected chi connectivity index (χ4v) is 3.09. The van der Waals surface area contributed by atoms with Crippen molar-refractivity contribution < 1.29 is 9.18 Å². The number of nitrogens with two attached hydrogens (primary N) is 1. The Bertz CT molecular complexity index is 970. The number of halogens is 1. The van der Waals surface area contributed by atoms with Crippen LogP contribution in [0.25, 0.3) is 11.3 Å². The highest BCUT2D eigenvalue weighted by atomic mass is 19.1. The Kier molecular flexibility index (Phi) is 3.65. The molecule has 1 aliphatic carbocycles. The highest BCUT2D eigenvalue weighted by molar-refractivity contribution is 6.06. The topological polar surface area (TPSA) is 80.9 Å². The van der Waals surface area contributed by atoms with Gasteiger partial charge in [0.25, 0.3) is 0 Å². The van der Waals surface area contributed by atoms with E-state index in [0.717, 1.165) is 11.1 Å². The molecule has 0 atom stereocenters. The van der Waals surface area contributed by atoms with E-state index in [4.69, 9.17) is 5.73 Å². The van der Waals surface area contributed by atoms with E-state index in [1.165, 1.54) is 12.1 Å². The van der Waals surface area contributed by atoms with Gasteiger partial charge in [0, 0.05) is 35.1 Å². The molecule has 124 valence electrons. The maximum absolute atomic E-state index is 13.0. The molecule has 1 aromatic heterocycles. The second kappa shape index (κ2) is 5.98. The molecule has 3 aromatic rings. The Hall–Kier alpha value is -3.28. The Labute approximate surface area is 143 Å². The number of Topliss-reactive ketones (excluding diaryl/α,β-unsaturated/α-hetero) is 1. The summed E-state index contributed by atoms with van der Waals surface area (Å²) >= 11 is 0. The van der Waals surface area contributed by atoms with Crippen molar-refractivity contribution in [2.45, 2.75) is 12.8 Å². The summed E-state index contributed by atoms with van der Waals surface area (Å²) in [6.07, 6.45) is 2.79. The molecule has 5 nitrogen and oxygen atoms in total. The molecule has 0 radical (unpaired) electrons. The Morgan fingerprint density at radius 3 is 2.64 bits per heavy atom. The second-order valence-corrected chi connectivity index (χ2v) is 5.88. The van der Waals surface area contributed by atoms with Gasteiger partial charge in [0.1, 0.15) is 5.82 Å². The second-order valence-electron chi connectivity index (χ2n) is 5.88. The van der Waals surface area contributed by atoms with Crippen LogP contribution in [0.15, 0.2) is 48.7 Å². The zero-order valence-electron chi connectivity index (χ0n) is 13.3. The van der Waals surface area contributed by atoms with Gasteiger partial charge >= 0.3 is 0 Å². The normalized spacial score (nSPS) is 12.9. The van der Waals surface area contributed by atoms with E-state index < -0.39 is 0 Å². The van der Waals surface area contributed by atoms with Crippen LogP contribution in [0.4, 0.5) is 21.7 Å². The zero-order chi connectivity index (χ0) is 17.4. The number of ketones is 1. The van der Waals surface area contributed by atoms with Gasteiger partial charge in [-0.25, -0.2) is 14.4 Å². The summed E-state index contributed by atoms with van der Waals surface area (Å²) in [7, 11) is 0. The maximum Gasteiger partial charge on any atom is 0.227 e. The van der Waals surface area contributed by atoms with Crippen LogP contribution in [0.1, 0.15) is 22.3 Å². The van der Waals surface area contributed by atoms with E-state index >= 15 is 0 Å². The molecule has 0 spiro atoms. The van der Waals surface area contributed by atoms with Gasteiger partial charge in [0.2, 0.25) is 5.95 Å². The number of nitrogen functional groups attached to an aromatic ring is 1. The molecule has 25 heavy (non-hydrogen) atoms. The Morgan fingerprint density at radius 2 is 1.84 bits per heavy atom. The first-order valence-corrected chi connectivity index (χ1v) is 7.92. The third-order valence-corrected chi connectivity index (χ3v) is 4.26. The molecule has 0 fully saturated rings. The third-order valence-electron chi connectivity index (χ3n) is 4.26. The average Bonchev–Trinajstić information content (AvgIpc) is 3.00. The van der Waals surface area contributed by atoms with Crippen molar-refractivity contribution in [2.75, 3.05) is 11.1 Å². The molecule has 0 saturated carbocycles. The van der Waals surface area contributed by atoms with Gasteiger partial charge < -0.3 is 11.1 Å². The van der Waals surface area contributed by atoms with E-state index in [1.807, 2.05) is 6.07 Å². The van der Waals surface area contributed by atoms with Crippen LogP contribution in [-0.2, 0) is 6.42 Å². The Morgan fingerprint density at radius 1 is 1.04 bits per heavy atom. The van der Waals surface area contributed by atoms with Gasteiger partial charge in [-0.15, -0.1) is 0 Å². The van der Waals surface area contributed by atoms with Crippen molar-refractivity contribution in [3.05, 3.63) is 65.6 Å². The van der Waals surface area contributed by atoms with Crippen molar-refractivity contribution in [1.29, 1.82) is 0 Å². The monoisotopic (exact) mass is 334 g/mol. The molecule has 0 unspecified atom stereocenters. The molecule has 6 heteroatoms. The molecule has 1 heterocycles. The molecule has 2 aromatic carbocycles. The van der Waals surface area contributed by atoms with Gasteiger partial charge in [-0.3, -0.25) is 4.79 Å². The lowest BCUT2D eigenvalue weighted by Crippen LogP contribution is -2.02. The minimum atomic E-state index is -0.303. The van der Waals surface area contributed by atoms with Crippen LogP contribution >= 0.6 is 0 Å². The van der Waals surface area contributed by atoms with E-state index in [1.54, 1.807) is 30.5 Å². The minimum absolute atomic E-state index is 0.0769. The summed E-state index contributed by atoms with van der Waals surface area (Å²) in [5.41, 5.74) is 10.3. The van der Waals surface area contributed by atoms with E-state index in [9.17, 15) is 9.18 Å². The summed E-state index contributed by atoms with van der Waals surface area (Å²) in [6.45, 7) is 0. The number of nitrogens with zero attached hydrogens (tertiary/aromatic N) is 2. The number of nitrogens with one attached hydrogen (secondary N) is 1. The minimum Gasteiger partial charge on any atom is -0.398 e. The fourth-order valence-electron chi connectivity index (χ4n) is 3.09. The first-order valence-electron chi connectivity index (χ1n) is 7.92. The summed E-state index contributed by atoms with van der Waals surface area (Å²) in [6, 6.07) is 11.4. The quantitative estimate of drug-likeness (QED) is 0.713. The lowest BCUT2D eigenvalue weighted by molar-refractivity contribution is 0.0995. The van der Waals surface area contributed by atoms with Crippen molar-refractivity contribution in [1.82, 2.24) is 9.97 Å². The predicted octanol–water partition coefficient (Wildman–Crippen LogP) is 3.74. The highest BCUT2D eigenvalue weighted by Crippen LogP contribution is 2.35. The summed E-state index contributed by atoms with van der Waals surface area (Å²) in [5.74, 6) is 0.175. The van der Waals surface area contributed by atoms with Crippen LogP contribution in [-0.4, -0.2) is 15.8 Å². The van der Waals surface area contributed by atoms with Gasteiger partial charge in [-0.05, 0) is 48.4 Å². The number of benzene rings is 2. The van der Waals surface area contributed by atoms with E-state index in [2.05, 4.69) is 15.3 Å². The van der Waals surface area contributed by atoms with Gasteiger partial charge in [-0.2, -0.15) is 0 Å². The standard InChI is InChI=1S/C19H15FN4O/c20-11-1-3-12(4-2-11)23-19-22-10-9-16(24-19)13-5-7-15(21)18-14(13)6-8-17(18)25/h1-5,7,9-10H,6,8,21H2,(H,22,23,24). The average molecular weight is 334 g/mol. The Balaban J connectivity index is 1.71. The van der Waals surface area contributed by atoms with Crippen molar-refractivity contribution in [3.63, 3.8) is 0 Å². The molecule has 0 amide bonds. The van der Waals surface area contributed by atoms with Crippen LogP contribution in [0.2, 0.25) is 0 Å². The number of rotatable bonds is 3. The smallest absolute Gasteiger partial charge is 0.227 e. The van der Waals surface area contributed by atoms with Crippen molar-refractivity contribution >= 4 is 23.1 Å². The molecule has 0 aliphatic heterocycles. The molecule has 0 saturated heterocycles. The number of aromatic nitrogens is 2. The van der Waals surface area contributed by atoms with E-state index in [0.29, 0.717) is 41.4 Å². The van der Waals surface area contributed by atoms with Gasteiger partial charge in [0.15, 0.2) is 5.78 Å². The van der Waals surface area contributed by atoms with Crippen molar-refractivity contribution in [3.8, 4) is 11.3 Å². The lowest BCUT2D eigenvalue weighted by Gasteiger charge is -2.11. The maximum atomic E-state index is 13.0. The van der Waals surface area contributed by atoms with Crippen LogP contribution < -0.4 is 11.1 Å². The summed E-state index contributed by atoms with van der Waals surface area (Å²) in [4.78, 5) is 20.8. The molecule has 3 N–H and O–H groups in total. The highest BCUT2D eigenvalue weighted by Gasteiger charge is 2.25. The van der Waals surface area contributed by atoms with Gasteiger partial charge in [-0.1, -0.05) is 6.07 Å². The number of anilines is 3. The van der Waals surface area contributed by atoms with Crippen LogP contribution in [0.3, 0.4) is 0 Å². The molecule has 4 rings (SSSR count). The number of fused-ring (bicyclic) bond motifs is 1. The molecule has 0 bridgehead atoms. The number of hydrogen-bond acceptors (Lipinski definition) is 5. The first-order chi connectivity index (χ1) is 12.1. The molecule has 1 aliphatic rings. The lowest BCUT2D eigenvalue weighted by atomic mass is 9.99. The largest absolute Gasteiger partial charge is 0.398 e. The number of carbonyl (C=O) groups is 1. The van der Waals surface area contributed by atoms with Crippen molar-refractivity contribution in [2.24, 2.45) is 0 Å². The van der Waals surface area contributed by atoms with Crippen LogP contribution in [0.5, 0.6) is 0 Å². The summed E-state index contributed by atoms with van der Waals surface area (Å²) < 4.78 is 13.0. The molecular formula is C19H15FN4O. The number of hydrogen-bond donors (Lipinski definition) is 2. The molecular weight excluding hydrogens is 319 g/mol. The zero-order valence-corrected chi connectivity index (χ0v) is 13.3. The van der Waals surface area contributed by atoms with Crippen LogP contribution in [0, 0.1) is 5.82 Å². The number of carbonyl (C=O) groups excluding carboxylic acids is 1. The fraction of sp³-hybridized carbons (Fsp3) is 0.105. The third kappa shape index (κ3) is 2.82. The van der Waals surface area contributed by atoms with Gasteiger partial charge in [0.05, 0.1) is 5.69 Å². The summed E-state index contributed by atoms with van der Waals surface area (Å²) in [5, 5.41) is 3.05. The predicted molar refractivity (Wildman–Crippen MR) is 94.2 cm³/mol. The first kappa shape index (κ1) is 15.3.